The van der Waals surface area contributed by atoms with E-state index in [0.29, 0.717) is 17.9 Å². The predicted molar refractivity (Wildman–Crippen MR) is 71.0 cm³/mol. The molecule has 0 saturated carbocycles. The summed E-state index contributed by atoms with van der Waals surface area (Å²) in [6.45, 7) is 0.785. The van der Waals surface area contributed by atoms with Gasteiger partial charge in [-0.1, -0.05) is 33.6 Å². The molecule has 0 saturated heterocycles. The summed E-state index contributed by atoms with van der Waals surface area (Å²) in [5, 5.41) is 0.646. The van der Waals surface area contributed by atoms with Crippen LogP contribution in [0.4, 0.5) is 0 Å². The molecule has 16 heavy (non-hydrogen) atoms. The van der Waals surface area contributed by atoms with Crippen molar-refractivity contribution >= 4 is 33.3 Å². The molecular formula is C12H15BrClNO. The van der Waals surface area contributed by atoms with Crippen LogP contribution < -0.4 is 0 Å². The van der Waals surface area contributed by atoms with Gasteiger partial charge in [-0.2, -0.15) is 0 Å². The summed E-state index contributed by atoms with van der Waals surface area (Å²) in [7, 11) is 3.92. The quantitative estimate of drug-likeness (QED) is 0.833. The van der Waals surface area contributed by atoms with Crippen molar-refractivity contribution in [1.82, 2.24) is 4.90 Å². The minimum Gasteiger partial charge on any atom is -0.309 e. The first-order valence-electron chi connectivity index (χ1n) is 5.09. The molecule has 0 aliphatic carbocycles. The largest absolute Gasteiger partial charge is 0.309 e. The first-order valence-corrected chi connectivity index (χ1v) is 6.26. The van der Waals surface area contributed by atoms with Crippen molar-refractivity contribution in [3.05, 3.63) is 33.3 Å². The summed E-state index contributed by atoms with van der Waals surface area (Å²) in [5.74, 6) is 0.220. The molecule has 2 nitrogen and oxygen atoms in total. The van der Waals surface area contributed by atoms with Gasteiger partial charge in [0.1, 0.15) is 5.78 Å². The molecule has 0 unspecified atom stereocenters. The average Bonchev–Trinajstić information content (AvgIpc) is 2.19. The van der Waals surface area contributed by atoms with Crippen LogP contribution in [-0.2, 0) is 11.2 Å². The van der Waals surface area contributed by atoms with E-state index in [0.717, 1.165) is 16.6 Å². The number of nitrogens with zero attached hydrogens (tertiary/aromatic N) is 1. The maximum absolute atomic E-state index is 11.7. The smallest absolute Gasteiger partial charge is 0.138 e. The highest BCUT2D eigenvalue weighted by atomic mass is 79.9. The SMILES string of the molecule is CN(C)CCC(=O)Cc1ccc(Br)cc1Cl. The molecule has 0 aromatic heterocycles. The lowest BCUT2D eigenvalue weighted by Crippen LogP contribution is -2.17. The zero-order chi connectivity index (χ0) is 12.1. The lowest BCUT2D eigenvalue weighted by Gasteiger charge is -2.09. The summed E-state index contributed by atoms with van der Waals surface area (Å²) < 4.78 is 0.932. The fourth-order valence-electron chi connectivity index (χ4n) is 1.31. The summed E-state index contributed by atoms with van der Waals surface area (Å²) in [6, 6.07) is 5.61. The van der Waals surface area contributed by atoms with E-state index < -0.39 is 0 Å². The van der Waals surface area contributed by atoms with Gasteiger partial charge in [-0.25, -0.2) is 0 Å². The minimum absolute atomic E-state index is 0.220. The molecule has 88 valence electrons. The fourth-order valence-corrected chi connectivity index (χ4v) is 2.05. The molecule has 1 aromatic carbocycles. The number of halogens is 2. The molecular weight excluding hydrogens is 289 g/mol. The van der Waals surface area contributed by atoms with Crippen LogP contribution in [0.15, 0.2) is 22.7 Å². The van der Waals surface area contributed by atoms with Crippen LogP contribution in [0.1, 0.15) is 12.0 Å². The van der Waals surface area contributed by atoms with Gasteiger partial charge in [0.15, 0.2) is 0 Å². The predicted octanol–water partition coefficient (Wildman–Crippen LogP) is 3.17. The molecule has 0 N–H and O–H groups in total. The molecule has 0 bridgehead atoms. The van der Waals surface area contributed by atoms with Crippen molar-refractivity contribution in [3.8, 4) is 0 Å². The normalized spacial score (nSPS) is 10.8. The number of hydrogen-bond acceptors (Lipinski definition) is 2. The van der Waals surface area contributed by atoms with Gasteiger partial charge >= 0.3 is 0 Å². The van der Waals surface area contributed by atoms with Gasteiger partial charge in [-0.15, -0.1) is 0 Å². The second-order valence-electron chi connectivity index (χ2n) is 4.00. The van der Waals surface area contributed by atoms with Crippen molar-refractivity contribution in [2.45, 2.75) is 12.8 Å². The third-order valence-corrected chi connectivity index (χ3v) is 3.09. The Labute approximate surface area is 110 Å². The standard InChI is InChI=1S/C12H15BrClNO/c1-15(2)6-5-11(16)7-9-3-4-10(13)8-12(9)14/h3-4,8H,5-7H2,1-2H3. The summed E-state index contributed by atoms with van der Waals surface area (Å²) in [5.41, 5.74) is 0.897. The Morgan fingerprint density at radius 1 is 1.44 bits per heavy atom. The van der Waals surface area contributed by atoms with Crippen LogP contribution in [0, 0.1) is 0 Å². The first kappa shape index (κ1) is 13.7. The maximum atomic E-state index is 11.7. The van der Waals surface area contributed by atoms with E-state index in [1.165, 1.54) is 0 Å². The Hall–Kier alpha value is -0.380. The number of Topliss-reactive ketones (excluding diaryl/α,β-unsaturated/α-hetero) is 1. The lowest BCUT2D eigenvalue weighted by atomic mass is 10.1. The number of benzene rings is 1. The number of ketones is 1. The number of rotatable bonds is 5. The van der Waals surface area contributed by atoms with Gasteiger partial charge in [0.2, 0.25) is 0 Å². The Kier molecular flexibility index (Phi) is 5.46. The summed E-state index contributed by atoms with van der Waals surface area (Å²) in [6.07, 6.45) is 0.985. The van der Waals surface area contributed by atoms with Crippen LogP contribution in [0.2, 0.25) is 5.02 Å². The highest BCUT2D eigenvalue weighted by Crippen LogP contribution is 2.22. The highest BCUT2D eigenvalue weighted by Gasteiger charge is 2.07. The number of carbonyl (C=O) groups is 1. The van der Waals surface area contributed by atoms with Crippen molar-refractivity contribution < 1.29 is 4.79 Å². The van der Waals surface area contributed by atoms with Gasteiger partial charge in [0, 0.05) is 28.9 Å². The van der Waals surface area contributed by atoms with Crippen molar-refractivity contribution in [2.75, 3.05) is 20.6 Å². The Bertz CT molecular complexity index is 379. The van der Waals surface area contributed by atoms with Gasteiger partial charge in [-0.05, 0) is 31.8 Å². The maximum Gasteiger partial charge on any atom is 0.138 e. The molecule has 0 radical (unpaired) electrons. The van der Waals surface area contributed by atoms with E-state index in [9.17, 15) is 4.79 Å². The Morgan fingerprint density at radius 2 is 2.12 bits per heavy atom. The van der Waals surface area contributed by atoms with Crippen molar-refractivity contribution in [3.63, 3.8) is 0 Å². The van der Waals surface area contributed by atoms with E-state index in [-0.39, 0.29) is 5.78 Å². The van der Waals surface area contributed by atoms with Crippen molar-refractivity contribution in [2.24, 2.45) is 0 Å². The molecule has 0 aliphatic heterocycles. The molecule has 0 aliphatic rings. The van der Waals surface area contributed by atoms with Gasteiger partial charge < -0.3 is 4.90 Å². The van der Waals surface area contributed by atoms with Gasteiger partial charge in [0.05, 0.1) is 0 Å². The van der Waals surface area contributed by atoms with E-state index in [4.69, 9.17) is 11.6 Å². The summed E-state index contributed by atoms with van der Waals surface area (Å²) >= 11 is 9.38. The topological polar surface area (TPSA) is 20.3 Å². The zero-order valence-corrected chi connectivity index (χ0v) is 11.8. The second-order valence-corrected chi connectivity index (χ2v) is 5.33. The minimum atomic E-state index is 0.220. The second kappa shape index (κ2) is 6.38. The van der Waals surface area contributed by atoms with Crippen molar-refractivity contribution in [1.29, 1.82) is 0 Å². The van der Waals surface area contributed by atoms with E-state index >= 15 is 0 Å². The molecule has 0 amide bonds. The number of hydrogen-bond donors (Lipinski definition) is 0. The zero-order valence-electron chi connectivity index (χ0n) is 9.46. The lowest BCUT2D eigenvalue weighted by molar-refractivity contribution is -0.118. The fraction of sp³-hybridized carbons (Fsp3) is 0.417. The van der Waals surface area contributed by atoms with Gasteiger partial charge in [0.25, 0.3) is 0 Å². The third kappa shape index (κ3) is 4.64. The van der Waals surface area contributed by atoms with E-state index in [2.05, 4.69) is 15.9 Å². The molecule has 0 atom stereocenters. The molecule has 1 rings (SSSR count). The summed E-state index contributed by atoms with van der Waals surface area (Å²) in [4.78, 5) is 13.7. The van der Waals surface area contributed by atoms with Gasteiger partial charge in [-0.3, -0.25) is 4.79 Å². The number of carbonyl (C=O) groups excluding carboxylic acids is 1. The molecule has 0 spiro atoms. The third-order valence-electron chi connectivity index (χ3n) is 2.24. The molecule has 4 heteroatoms. The Balaban J connectivity index is 2.56. The molecule has 1 aromatic rings. The van der Waals surface area contributed by atoms with Crippen LogP contribution in [0.25, 0.3) is 0 Å². The van der Waals surface area contributed by atoms with E-state index in [1.807, 2.05) is 37.2 Å². The van der Waals surface area contributed by atoms with Crippen LogP contribution >= 0.6 is 27.5 Å². The monoisotopic (exact) mass is 303 g/mol. The molecule has 0 heterocycles. The Morgan fingerprint density at radius 3 is 2.69 bits per heavy atom. The van der Waals surface area contributed by atoms with Crippen LogP contribution in [-0.4, -0.2) is 31.3 Å². The van der Waals surface area contributed by atoms with Crippen LogP contribution in [0.3, 0.4) is 0 Å². The van der Waals surface area contributed by atoms with Crippen LogP contribution in [0.5, 0.6) is 0 Å². The highest BCUT2D eigenvalue weighted by molar-refractivity contribution is 9.10. The van der Waals surface area contributed by atoms with E-state index in [1.54, 1.807) is 0 Å². The average molecular weight is 305 g/mol. The first-order chi connectivity index (χ1) is 7.49. The molecule has 0 fully saturated rings.